The summed E-state index contributed by atoms with van der Waals surface area (Å²) >= 11 is 6.78. The van der Waals surface area contributed by atoms with Crippen LogP contribution >= 0.6 is 23.6 Å². The average Bonchev–Trinajstić information content (AvgIpc) is 2.87. The number of rotatable bonds is 2. The molecule has 0 aliphatic heterocycles. The van der Waals surface area contributed by atoms with Gasteiger partial charge >= 0.3 is 0 Å². The molecule has 6 heteroatoms. The fraction of sp³-hybridized carbons (Fsp3) is 0.143. The van der Waals surface area contributed by atoms with Crippen LogP contribution in [0.3, 0.4) is 0 Å². The van der Waals surface area contributed by atoms with Gasteiger partial charge in [0.2, 0.25) is 0 Å². The van der Waals surface area contributed by atoms with Gasteiger partial charge in [-0.2, -0.15) is 0 Å². The molecule has 3 aromatic rings. The van der Waals surface area contributed by atoms with Crippen LogP contribution in [0.1, 0.15) is 0 Å². The quantitative estimate of drug-likeness (QED) is 0.739. The van der Waals surface area contributed by atoms with Gasteiger partial charge in [-0.15, -0.1) is 11.3 Å². The van der Waals surface area contributed by atoms with E-state index in [1.165, 1.54) is 11.3 Å². The number of para-hydroxylation sites is 2. The molecule has 0 unspecified atom stereocenters. The van der Waals surface area contributed by atoms with Crippen LogP contribution in [0.15, 0.2) is 40.5 Å². The van der Waals surface area contributed by atoms with E-state index < -0.39 is 0 Å². The number of benzene rings is 1. The Balaban J connectivity index is 2.41. The molecule has 2 aromatic heterocycles. The summed E-state index contributed by atoms with van der Waals surface area (Å²) < 4.78 is 2.66. The fourth-order valence-corrected chi connectivity index (χ4v) is 3.26. The van der Waals surface area contributed by atoms with Gasteiger partial charge in [-0.25, -0.2) is 4.57 Å². The lowest BCUT2D eigenvalue weighted by Crippen LogP contribution is -2.22. The van der Waals surface area contributed by atoms with Crippen LogP contribution in [0, 0.1) is 4.77 Å². The van der Waals surface area contributed by atoms with Crippen LogP contribution in [0.5, 0.6) is 0 Å². The van der Waals surface area contributed by atoms with E-state index in [9.17, 15) is 4.79 Å². The molecule has 1 aromatic carbocycles. The number of nitrogens with zero attached hydrogens (tertiary/aromatic N) is 2. The largest absolute Gasteiger partial charge is 0.376 e. The number of aromatic amines is 1. The summed E-state index contributed by atoms with van der Waals surface area (Å²) in [5.41, 5.74) is 2.46. The monoisotopic (exact) mass is 303 g/mol. The second-order valence-corrected chi connectivity index (χ2v) is 5.92. The van der Waals surface area contributed by atoms with Gasteiger partial charge < -0.3 is 9.88 Å². The van der Waals surface area contributed by atoms with Gasteiger partial charge in [-0.3, -0.25) is 4.79 Å². The van der Waals surface area contributed by atoms with Crippen molar-refractivity contribution in [1.29, 1.82) is 0 Å². The third kappa shape index (κ3) is 1.97. The standard InChI is InChI=1S/C14H13N3OS2/c1-16(2)10-5-3-4-6-11(10)17-13(18)12-9(7-8-20-12)15-14(17)19/h3-8H,1-2H3,(H,15,19). The van der Waals surface area contributed by atoms with Crippen LogP contribution in [0.25, 0.3) is 15.9 Å². The van der Waals surface area contributed by atoms with Crippen LogP contribution in [-0.2, 0) is 0 Å². The first-order valence-electron chi connectivity index (χ1n) is 6.09. The minimum absolute atomic E-state index is 0.0759. The Morgan fingerprint density at radius 1 is 1.25 bits per heavy atom. The number of H-pyrrole nitrogens is 1. The summed E-state index contributed by atoms with van der Waals surface area (Å²) in [6.45, 7) is 0. The van der Waals surface area contributed by atoms with E-state index in [2.05, 4.69) is 4.98 Å². The predicted octanol–water partition coefficient (Wildman–Crippen LogP) is 3.18. The first-order chi connectivity index (χ1) is 9.59. The molecule has 0 aliphatic carbocycles. The van der Waals surface area contributed by atoms with Gasteiger partial charge in [0.25, 0.3) is 5.56 Å². The normalized spacial score (nSPS) is 10.9. The van der Waals surface area contributed by atoms with Gasteiger partial charge in [0.1, 0.15) is 4.70 Å². The van der Waals surface area contributed by atoms with E-state index >= 15 is 0 Å². The van der Waals surface area contributed by atoms with E-state index in [1.807, 2.05) is 54.7 Å². The Kier molecular flexibility index (Phi) is 3.19. The minimum Gasteiger partial charge on any atom is -0.376 e. The number of hydrogen-bond acceptors (Lipinski definition) is 4. The first-order valence-corrected chi connectivity index (χ1v) is 7.37. The van der Waals surface area contributed by atoms with E-state index in [0.717, 1.165) is 16.9 Å². The summed E-state index contributed by atoms with van der Waals surface area (Å²) in [6, 6.07) is 9.59. The molecule has 0 amide bonds. The highest BCUT2D eigenvalue weighted by molar-refractivity contribution is 7.71. The van der Waals surface area contributed by atoms with Crippen LogP contribution in [0.2, 0.25) is 0 Å². The van der Waals surface area contributed by atoms with Crippen molar-refractivity contribution >= 4 is 39.5 Å². The zero-order valence-electron chi connectivity index (χ0n) is 11.1. The SMILES string of the molecule is CN(C)c1ccccc1-n1c(=S)[nH]c2ccsc2c1=O. The third-order valence-electron chi connectivity index (χ3n) is 3.11. The molecule has 0 atom stereocenters. The van der Waals surface area contributed by atoms with Crippen molar-refractivity contribution in [1.82, 2.24) is 9.55 Å². The summed E-state index contributed by atoms with van der Waals surface area (Å²) in [4.78, 5) is 17.7. The molecule has 4 nitrogen and oxygen atoms in total. The molecule has 0 fully saturated rings. The van der Waals surface area contributed by atoms with E-state index in [1.54, 1.807) is 4.57 Å². The Bertz CT molecular complexity index is 889. The van der Waals surface area contributed by atoms with Gasteiger partial charge in [0.15, 0.2) is 4.77 Å². The Morgan fingerprint density at radius 2 is 2.00 bits per heavy atom. The zero-order chi connectivity index (χ0) is 14.3. The van der Waals surface area contributed by atoms with Gasteiger partial charge in [0.05, 0.1) is 16.9 Å². The summed E-state index contributed by atoms with van der Waals surface area (Å²) in [5, 5.41) is 1.89. The lowest BCUT2D eigenvalue weighted by Gasteiger charge is -2.18. The van der Waals surface area contributed by atoms with Crippen LogP contribution in [-0.4, -0.2) is 23.6 Å². The van der Waals surface area contributed by atoms with Gasteiger partial charge in [-0.1, -0.05) is 12.1 Å². The van der Waals surface area contributed by atoms with Crippen molar-refractivity contribution in [3.05, 3.63) is 50.8 Å². The second kappa shape index (κ2) is 4.88. The van der Waals surface area contributed by atoms with E-state index in [-0.39, 0.29) is 5.56 Å². The summed E-state index contributed by atoms with van der Waals surface area (Å²) in [5.74, 6) is 0. The molecule has 0 radical (unpaired) electrons. The number of thiophene rings is 1. The number of anilines is 1. The minimum atomic E-state index is -0.0759. The van der Waals surface area contributed by atoms with Crippen molar-refractivity contribution in [2.45, 2.75) is 0 Å². The third-order valence-corrected chi connectivity index (χ3v) is 4.30. The fourth-order valence-electron chi connectivity index (χ4n) is 2.19. The summed E-state index contributed by atoms with van der Waals surface area (Å²) in [6.07, 6.45) is 0. The smallest absolute Gasteiger partial charge is 0.276 e. The number of aromatic nitrogens is 2. The molecule has 0 saturated carbocycles. The predicted molar refractivity (Wildman–Crippen MR) is 86.9 cm³/mol. The van der Waals surface area contributed by atoms with Crippen molar-refractivity contribution in [3.63, 3.8) is 0 Å². The number of nitrogens with one attached hydrogen (secondary N) is 1. The molecule has 2 heterocycles. The molecular weight excluding hydrogens is 290 g/mol. The van der Waals surface area contributed by atoms with Crippen molar-refractivity contribution < 1.29 is 0 Å². The lowest BCUT2D eigenvalue weighted by molar-refractivity contribution is 0.933. The van der Waals surface area contributed by atoms with E-state index in [4.69, 9.17) is 12.2 Å². The second-order valence-electron chi connectivity index (χ2n) is 4.62. The lowest BCUT2D eigenvalue weighted by atomic mass is 10.2. The molecule has 0 spiro atoms. The highest BCUT2D eigenvalue weighted by Gasteiger charge is 2.12. The number of hydrogen-bond donors (Lipinski definition) is 1. The van der Waals surface area contributed by atoms with E-state index in [0.29, 0.717) is 9.47 Å². The van der Waals surface area contributed by atoms with Crippen molar-refractivity contribution in [2.75, 3.05) is 19.0 Å². The van der Waals surface area contributed by atoms with Gasteiger partial charge in [0, 0.05) is 14.1 Å². The maximum atomic E-state index is 12.7. The Morgan fingerprint density at radius 3 is 2.75 bits per heavy atom. The summed E-state index contributed by atoms with van der Waals surface area (Å²) in [7, 11) is 3.89. The van der Waals surface area contributed by atoms with Gasteiger partial charge in [-0.05, 0) is 35.8 Å². The maximum Gasteiger partial charge on any atom is 0.276 e. The Labute approximate surface area is 124 Å². The molecule has 20 heavy (non-hydrogen) atoms. The average molecular weight is 303 g/mol. The van der Waals surface area contributed by atoms with Crippen molar-refractivity contribution in [3.8, 4) is 5.69 Å². The van der Waals surface area contributed by atoms with Crippen LogP contribution in [0.4, 0.5) is 5.69 Å². The van der Waals surface area contributed by atoms with Crippen molar-refractivity contribution in [2.24, 2.45) is 0 Å². The molecule has 0 aliphatic rings. The zero-order valence-corrected chi connectivity index (χ0v) is 12.7. The molecular formula is C14H13N3OS2. The maximum absolute atomic E-state index is 12.7. The first kappa shape index (κ1) is 13.1. The number of fused-ring (bicyclic) bond motifs is 1. The molecule has 1 N–H and O–H groups in total. The Hall–Kier alpha value is -1.92. The highest BCUT2D eigenvalue weighted by atomic mass is 32.1. The molecule has 102 valence electrons. The molecule has 3 rings (SSSR count). The molecule has 0 saturated heterocycles. The highest BCUT2D eigenvalue weighted by Crippen LogP contribution is 2.23. The molecule has 0 bridgehead atoms. The van der Waals surface area contributed by atoms with Crippen LogP contribution < -0.4 is 10.5 Å². The topological polar surface area (TPSA) is 41.0 Å².